The lowest BCUT2D eigenvalue weighted by atomic mass is 10.1. The van der Waals surface area contributed by atoms with E-state index in [1.54, 1.807) is 25.1 Å². The summed E-state index contributed by atoms with van der Waals surface area (Å²) in [6.07, 6.45) is 2.15. The third kappa shape index (κ3) is 5.91. The van der Waals surface area contributed by atoms with E-state index in [1.165, 1.54) is 17.0 Å². The van der Waals surface area contributed by atoms with E-state index in [4.69, 9.17) is 14.5 Å². The van der Waals surface area contributed by atoms with E-state index in [-0.39, 0.29) is 41.9 Å². The Labute approximate surface area is 228 Å². The first-order valence-corrected chi connectivity index (χ1v) is 13.0. The summed E-state index contributed by atoms with van der Waals surface area (Å²) in [5, 5.41) is 16.8. The maximum atomic E-state index is 13.4. The topological polar surface area (TPSA) is 109 Å². The lowest BCUT2D eigenvalue weighted by Crippen LogP contribution is -2.23. The smallest absolute Gasteiger partial charge is 0.315 e. The summed E-state index contributed by atoms with van der Waals surface area (Å²) in [4.78, 5) is 29.6. The first-order chi connectivity index (χ1) is 18.3. The molecule has 0 fully saturated rings. The number of nitrogens with zero attached hydrogens (tertiary/aromatic N) is 4. The fraction of sp³-hybridized carbons (Fsp3) is 0.250. The van der Waals surface area contributed by atoms with E-state index in [9.17, 15) is 14.9 Å². The van der Waals surface area contributed by atoms with Gasteiger partial charge in [0.1, 0.15) is 12.4 Å². The molecule has 0 saturated carbocycles. The monoisotopic (exact) mass is 578 g/mol. The van der Waals surface area contributed by atoms with E-state index in [0.29, 0.717) is 22.3 Å². The van der Waals surface area contributed by atoms with Crippen molar-refractivity contribution in [1.29, 1.82) is 0 Å². The second-order valence-electron chi connectivity index (χ2n) is 8.63. The number of benzene rings is 3. The van der Waals surface area contributed by atoms with Crippen molar-refractivity contribution in [1.82, 2.24) is 9.66 Å². The zero-order chi connectivity index (χ0) is 27.2. The lowest BCUT2D eigenvalue weighted by Gasteiger charge is -2.14. The van der Waals surface area contributed by atoms with Gasteiger partial charge in [-0.15, -0.1) is 0 Å². The standard InChI is InChI=1S/C28H27BrN4O5/c1-4-18(3)27-31-23-12-11-21(29)15-22(23)28(34)32(27)30-16-20-13-24(33(35)36)26(25(14-20)37-5-2)38-17-19-9-7-6-8-10-19/h6-16,18H,4-5,17H2,1-3H3/t18-/m1/s1. The van der Waals surface area contributed by atoms with Crippen molar-refractivity contribution in [3.05, 3.63) is 103 Å². The molecule has 4 aromatic rings. The molecule has 0 aliphatic carbocycles. The van der Waals surface area contributed by atoms with Gasteiger partial charge in [0.2, 0.25) is 5.75 Å². The molecule has 1 aromatic heterocycles. The van der Waals surface area contributed by atoms with Gasteiger partial charge >= 0.3 is 5.69 Å². The first kappa shape index (κ1) is 27.0. The highest BCUT2D eigenvalue weighted by Crippen LogP contribution is 2.39. The molecular weight excluding hydrogens is 552 g/mol. The molecule has 1 atom stereocenters. The van der Waals surface area contributed by atoms with E-state index in [1.807, 2.05) is 50.2 Å². The number of aromatic nitrogens is 2. The molecule has 0 amide bonds. The molecule has 0 unspecified atom stereocenters. The van der Waals surface area contributed by atoms with Crippen LogP contribution in [0.25, 0.3) is 10.9 Å². The highest BCUT2D eigenvalue weighted by Gasteiger charge is 2.23. The molecule has 38 heavy (non-hydrogen) atoms. The summed E-state index contributed by atoms with van der Waals surface area (Å²) < 4.78 is 13.6. The van der Waals surface area contributed by atoms with Crippen molar-refractivity contribution < 1.29 is 14.4 Å². The van der Waals surface area contributed by atoms with Crippen LogP contribution in [0.4, 0.5) is 5.69 Å². The highest BCUT2D eigenvalue weighted by atomic mass is 79.9. The van der Waals surface area contributed by atoms with Crippen LogP contribution >= 0.6 is 15.9 Å². The average Bonchev–Trinajstić information content (AvgIpc) is 2.92. The van der Waals surface area contributed by atoms with Crippen molar-refractivity contribution in [3.8, 4) is 11.5 Å². The Kier molecular flexibility index (Phi) is 8.52. The van der Waals surface area contributed by atoms with E-state index in [2.05, 4.69) is 21.0 Å². The van der Waals surface area contributed by atoms with Crippen LogP contribution in [0.3, 0.4) is 0 Å². The highest BCUT2D eigenvalue weighted by molar-refractivity contribution is 9.10. The molecule has 0 N–H and O–H groups in total. The van der Waals surface area contributed by atoms with Crippen LogP contribution in [0.2, 0.25) is 0 Å². The summed E-state index contributed by atoms with van der Waals surface area (Å²) in [7, 11) is 0. The van der Waals surface area contributed by atoms with Crippen LogP contribution in [0.1, 0.15) is 50.1 Å². The number of fused-ring (bicyclic) bond motifs is 1. The second-order valence-corrected chi connectivity index (χ2v) is 9.55. The Bertz CT molecular complexity index is 1550. The Morgan fingerprint density at radius 2 is 1.89 bits per heavy atom. The fourth-order valence-electron chi connectivity index (χ4n) is 3.86. The minimum atomic E-state index is -0.522. The number of halogens is 1. The first-order valence-electron chi connectivity index (χ1n) is 12.2. The van der Waals surface area contributed by atoms with Crippen molar-refractivity contribution in [2.24, 2.45) is 5.10 Å². The Morgan fingerprint density at radius 3 is 2.58 bits per heavy atom. The molecule has 0 spiro atoms. The molecule has 1 heterocycles. The van der Waals surface area contributed by atoms with Gasteiger partial charge < -0.3 is 9.47 Å². The molecule has 196 valence electrons. The molecule has 10 heteroatoms. The van der Waals surface area contributed by atoms with Crippen LogP contribution in [0.15, 0.2) is 75.0 Å². The normalized spacial score (nSPS) is 12.1. The number of hydrogen-bond donors (Lipinski definition) is 0. The zero-order valence-electron chi connectivity index (χ0n) is 21.3. The summed E-state index contributed by atoms with van der Waals surface area (Å²) in [5.74, 6) is 0.711. The zero-order valence-corrected chi connectivity index (χ0v) is 22.8. The number of hydrogen-bond acceptors (Lipinski definition) is 7. The van der Waals surface area contributed by atoms with Gasteiger partial charge in [0.05, 0.1) is 28.6 Å². The minimum absolute atomic E-state index is 0.0348. The lowest BCUT2D eigenvalue weighted by molar-refractivity contribution is -0.386. The van der Waals surface area contributed by atoms with Crippen LogP contribution in [0.5, 0.6) is 11.5 Å². The van der Waals surface area contributed by atoms with Gasteiger partial charge in [-0.05, 0) is 43.2 Å². The number of nitro benzene ring substituents is 1. The summed E-state index contributed by atoms with van der Waals surface area (Å²) in [5.41, 5.74) is 1.23. The van der Waals surface area contributed by atoms with E-state index >= 15 is 0 Å². The van der Waals surface area contributed by atoms with Crippen molar-refractivity contribution in [2.45, 2.75) is 39.7 Å². The Morgan fingerprint density at radius 1 is 1.13 bits per heavy atom. The summed E-state index contributed by atoms with van der Waals surface area (Å²) in [6, 6.07) is 17.6. The van der Waals surface area contributed by atoms with Gasteiger partial charge in [0.25, 0.3) is 5.56 Å². The van der Waals surface area contributed by atoms with Crippen molar-refractivity contribution in [3.63, 3.8) is 0 Å². The number of nitro groups is 1. The maximum absolute atomic E-state index is 13.4. The third-order valence-electron chi connectivity index (χ3n) is 5.99. The molecule has 0 saturated heterocycles. The van der Waals surface area contributed by atoms with Gasteiger partial charge in [-0.1, -0.05) is 60.1 Å². The van der Waals surface area contributed by atoms with E-state index in [0.717, 1.165) is 16.5 Å². The van der Waals surface area contributed by atoms with Crippen molar-refractivity contribution >= 4 is 38.7 Å². The van der Waals surface area contributed by atoms with Crippen molar-refractivity contribution in [2.75, 3.05) is 6.61 Å². The Balaban J connectivity index is 1.79. The third-order valence-corrected chi connectivity index (χ3v) is 6.48. The molecule has 0 bridgehead atoms. The van der Waals surface area contributed by atoms with Gasteiger partial charge in [0.15, 0.2) is 5.75 Å². The molecule has 3 aromatic carbocycles. The number of ether oxygens (including phenoxy) is 2. The molecule has 0 radical (unpaired) electrons. The van der Waals surface area contributed by atoms with Crippen LogP contribution < -0.4 is 15.0 Å². The average molecular weight is 579 g/mol. The molecule has 0 aliphatic rings. The Hall–Kier alpha value is -4.05. The minimum Gasteiger partial charge on any atom is -0.490 e. The van der Waals surface area contributed by atoms with Gasteiger partial charge in [-0.2, -0.15) is 9.78 Å². The maximum Gasteiger partial charge on any atom is 0.315 e. The largest absolute Gasteiger partial charge is 0.490 e. The molecule has 0 aliphatic heterocycles. The molecule has 9 nitrogen and oxygen atoms in total. The van der Waals surface area contributed by atoms with Gasteiger partial charge in [0, 0.05) is 22.0 Å². The predicted octanol–water partition coefficient (Wildman–Crippen LogP) is 6.44. The molecular formula is C28H27BrN4O5. The predicted molar refractivity (Wildman–Crippen MR) is 150 cm³/mol. The summed E-state index contributed by atoms with van der Waals surface area (Å²) >= 11 is 3.40. The van der Waals surface area contributed by atoms with Crippen LogP contribution in [-0.4, -0.2) is 27.4 Å². The SMILES string of the molecule is CCOc1cc(C=Nn2c([C@H](C)CC)nc3ccc(Br)cc3c2=O)cc([N+](=O)[O-])c1OCc1ccccc1. The second kappa shape index (κ2) is 12.0. The van der Waals surface area contributed by atoms with Crippen LogP contribution in [-0.2, 0) is 6.61 Å². The fourth-order valence-corrected chi connectivity index (χ4v) is 4.22. The molecule has 4 rings (SSSR count). The van der Waals surface area contributed by atoms with E-state index < -0.39 is 4.92 Å². The van der Waals surface area contributed by atoms with Gasteiger partial charge in [-0.25, -0.2) is 4.98 Å². The van der Waals surface area contributed by atoms with Crippen LogP contribution in [0, 0.1) is 10.1 Å². The van der Waals surface area contributed by atoms with Gasteiger partial charge in [-0.3, -0.25) is 14.9 Å². The number of rotatable bonds is 10. The summed E-state index contributed by atoms with van der Waals surface area (Å²) in [6.45, 7) is 6.17. The quantitative estimate of drug-likeness (QED) is 0.122.